The van der Waals surface area contributed by atoms with E-state index in [9.17, 15) is 20.0 Å². The Morgan fingerprint density at radius 1 is 1.19 bits per heavy atom. The highest BCUT2D eigenvalue weighted by atomic mass is 16.6. The predicted octanol–water partition coefficient (Wildman–Crippen LogP) is 2.20. The van der Waals surface area contributed by atoms with Gasteiger partial charge in [0.05, 0.1) is 16.1 Å². The summed E-state index contributed by atoms with van der Waals surface area (Å²) in [5.41, 5.74) is -0.333. The zero-order valence-corrected chi connectivity index (χ0v) is 10.6. The number of hydrogen-bond acceptors (Lipinski definition) is 5. The standard InChI is InChI=1S/C14H9N3O4/c18-13-9-5-3-4-8(10-6-1-2-7-15-10)11(9)16-14(19)12(13)17(20)21/h1-7H,(H2,16,18,19). The third kappa shape index (κ3) is 2.00. The molecule has 0 aliphatic rings. The molecule has 2 heterocycles. The zero-order valence-electron chi connectivity index (χ0n) is 10.6. The van der Waals surface area contributed by atoms with Crippen LogP contribution in [0.5, 0.6) is 5.75 Å². The lowest BCUT2D eigenvalue weighted by Gasteiger charge is -2.07. The van der Waals surface area contributed by atoms with Gasteiger partial charge in [-0.15, -0.1) is 0 Å². The number of aromatic amines is 1. The van der Waals surface area contributed by atoms with Crippen LogP contribution in [0.15, 0.2) is 47.4 Å². The van der Waals surface area contributed by atoms with Gasteiger partial charge in [-0.05, 0) is 18.2 Å². The largest absolute Gasteiger partial charge is 0.501 e. The highest BCUT2D eigenvalue weighted by Crippen LogP contribution is 2.34. The van der Waals surface area contributed by atoms with E-state index in [0.717, 1.165) is 0 Å². The SMILES string of the molecule is O=c1[nH]c2c(-c3ccccn3)cccc2c(O)c1[N+](=O)[O-]. The maximum Gasteiger partial charge on any atom is 0.375 e. The number of hydrogen-bond donors (Lipinski definition) is 2. The van der Waals surface area contributed by atoms with Crippen molar-refractivity contribution in [3.63, 3.8) is 0 Å². The van der Waals surface area contributed by atoms with E-state index in [1.54, 1.807) is 36.5 Å². The Labute approximate surface area is 117 Å². The Bertz CT molecular complexity index is 903. The van der Waals surface area contributed by atoms with Crippen LogP contribution in [0.3, 0.4) is 0 Å². The van der Waals surface area contributed by atoms with E-state index in [-0.39, 0.29) is 5.39 Å². The Hall–Kier alpha value is -3.22. The summed E-state index contributed by atoms with van der Waals surface area (Å²) in [5, 5.41) is 21.0. The Morgan fingerprint density at radius 2 is 2.00 bits per heavy atom. The molecule has 0 aliphatic carbocycles. The first-order valence-electron chi connectivity index (χ1n) is 6.03. The number of benzene rings is 1. The van der Waals surface area contributed by atoms with Gasteiger partial charge in [0.15, 0.2) is 0 Å². The number of aromatic hydroxyl groups is 1. The van der Waals surface area contributed by atoms with Crippen LogP contribution < -0.4 is 5.56 Å². The summed E-state index contributed by atoms with van der Waals surface area (Å²) in [6, 6.07) is 10.1. The molecule has 0 radical (unpaired) electrons. The number of nitro groups is 1. The lowest BCUT2D eigenvalue weighted by Crippen LogP contribution is -2.12. The minimum atomic E-state index is -0.951. The van der Waals surface area contributed by atoms with Crippen LogP contribution in [0.1, 0.15) is 0 Å². The maximum absolute atomic E-state index is 11.8. The molecule has 0 fully saturated rings. The number of rotatable bonds is 2. The average molecular weight is 283 g/mol. The second-order valence-corrected chi connectivity index (χ2v) is 4.35. The molecule has 0 saturated heterocycles. The molecule has 0 atom stereocenters. The zero-order chi connectivity index (χ0) is 15.0. The van der Waals surface area contributed by atoms with Crippen LogP contribution in [-0.2, 0) is 0 Å². The van der Waals surface area contributed by atoms with Gasteiger partial charge in [-0.1, -0.05) is 18.2 Å². The molecule has 7 nitrogen and oxygen atoms in total. The third-order valence-electron chi connectivity index (χ3n) is 3.12. The molecule has 1 aromatic carbocycles. The van der Waals surface area contributed by atoms with Crippen molar-refractivity contribution in [2.24, 2.45) is 0 Å². The van der Waals surface area contributed by atoms with Crippen molar-refractivity contribution >= 4 is 16.6 Å². The van der Waals surface area contributed by atoms with E-state index in [4.69, 9.17) is 0 Å². The van der Waals surface area contributed by atoms with E-state index in [0.29, 0.717) is 16.8 Å². The average Bonchev–Trinajstić information content (AvgIpc) is 2.47. The lowest BCUT2D eigenvalue weighted by atomic mass is 10.1. The summed E-state index contributed by atoms with van der Waals surface area (Å²) in [7, 11) is 0. The molecule has 0 bridgehead atoms. The monoisotopic (exact) mass is 283 g/mol. The van der Waals surface area contributed by atoms with E-state index >= 15 is 0 Å². The molecule has 3 rings (SSSR count). The first-order valence-corrected chi connectivity index (χ1v) is 6.03. The fourth-order valence-electron chi connectivity index (χ4n) is 2.20. The highest BCUT2D eigenvalue weighted by Gasteiger charge is 2.23. The summed E-state index contributed by atoms with van der Waals surface area (Å²) < 4.78 is 0. The predicted molar refractivity (Wildman–Crippen MR) is 76.1 cm³/mol. The Balaban J connectivity index is 2.41. The second-order valence-electron chi connectivity index (χ2n) is 4.35. The van der Waals surface area contributed by atoms with Gasteiger partial charge in [0.2, 0.25) is 5.75 Å². The summed E-state index contributed by atoms with van der Waals surface area (Å²) in [5.74, 6) is -0.642. The third-order valence-corrected chi connectivity index (χ3v) is 3.12. The van der Waals surface area contributed by atoms with E-state index < -0.39 is 21.9 Å². The van der Waals surface area contributed by atoms with Crippen LogP contribution >= 0.6 is 0 Å². The van der Waals surface area contributed by atoms with Gasteiger partial charge in [-0.3, -0.25) is 19.9 Å². The molecule has 2 aromatic heterocycles. The van der Waals surface area contributed by atoms with Crippen molar-refractivity contribution in [2.45, 2.75) is 0 Å². The molecular formula is C14H9N3O4. The summed E-state index contributed by atoms with van der Waals surface area (Å²) >= 11 is 0. The van der Waals surface area contributed by atoms with E-state index in [1.165, 1.54) is 6.07 Å². The second kappa shape index (κ2) is 4.71. The topological polar surface area (TPSA) is 109 Å². The Morgan fingerprint density at radius 3 is 2.67 bits per heavy atom. The molecule has 21 heavy (non-hydrogen) atoms. The van der Waals surface area contributed by atoms with E-state index in [1.807, 2.05) is 0 Å². The molecule has 3 aromatic rings. The quantitative estimate of drug-likeness (QED) is 0.553. The van der Waals surface area contributed by atoms with Gasteiger partial charge in [0.25, 0.3) is 0 Å². The van der Waals surface area contributed by atoms with Gasteiger partial charge in [0.1, 0.15) is 0 Å². The maximum atomic E-state index is 11.8. The highest BCUT2D eigenvalue weighted by molar-refractivity contribution is 5.97. The van der Waals surface area contributed by atoms with Crippen LogP contribution in [0.4, 0.5) is 5.69 Å². The van der Waals surface area contributed by atoms with Crippen molar-refractivity contribution in [1.82, 2.24) is 9.97 Å². The molecule has 2 N–H and O–H groups in total. The molecule has 0 aliphatic heterocycles. The molecule has 0 amide bonds. The van der Waals surface area contributed by atoms with Crippen LogP contribution in [-0.4, -0.2) is 20.0 Å². The molecule has 0 saturated carbocycles. The number of H-pyrrole nitrogens is 1. The number of nitrogens with one attached hydrogen (secondary N) is 1. The smallest absolute Gasteiger partial charge is 0.375 e. The number of pyridine rings is 2. The van der Waals surface area contributed by atoms with E-state index in [2.05, 4.69) is 9.97 Å². The Kier molecular flexibility index (Phi) is 2.87. The number of aromatic nitrogens is 2. The lowest BCUT2D eigenvalue weighted by molar-refractivity contribution is -0.387. The van der Waals surface area contributed by atoms with Crippen LogP contribution in [0.25, 0.3) is 22.2 Å². The van der Waals surface area contributed by atoms with Crippen molar-refractivity contribution in [1.29, 1.82) is 0 Å². The number of nitrogens with zero attached hydrogens (tertiary/aromatic N) is 2. The molecule has 0 spiro atoms. The van der Waals surface area contributed by atoms with Crippen LogP contribution in [0.2, 0.25) is 0 Å². The molecule has 104 valence electrons. The normalized spacial score (nSPS) is 10.7. The molecule has 0 unspecified atom stereocenters. The number of para-hydroxylation sites is 1. The number of fused-ring (bicyclic) bond motifs is 1. The minimum Gasteiger partial charge on any atom is -0.501 e. The molecular weight excluding hydrogens is 274 g/mol. The van der Waals surface area contributed by atoms with Crippen molar-refractivity contribution in [3.8, 4) is 17.0 Å². The van der Waals surface area contributed by atoms with Gasteiger partial charge in [0, 0.05) is 17.1 Å². The van der Waals surface area contributed by atoms with Gasteiger partial charge in [-0.2, -0.15) is 0 Å². The first kappa shape index (κ1) is 12.8. The van der Waals surface area contributed by atoms with Crippen molar-refractivity contribution in [2.75, 3.05) is 0 Å². The van der Waals surface area contributed by atoms with Crippen molar-refractivity contribution < 1.29 is 10.0 Å². The molecule has 7 heteroatoms. The summed E-state index contributed by atoms with van der Waals surface area (Å²) in [6.45, 7) is 0. The fourth-order valence-corrected chi connectivity index (χ4v) is 2.20. The van der Waals surface area contributed by atoms with Crippen molar-refractivity contribution in [3.05, 3.63) is 63.1 Å². The van der Waals surface area contributed by atoms with Gasteiger partial charge in [-0.25, -0.2) is 0 Å². The summed E-state index contributed by atoms with van der Waals surface area (Å²) in [6.07, 6.45) is 1.59. The first-order chi connectivity index (χ1) is 10.1. The fraction of sp³-hybridized carbons (Fsp3) is 0. The van der Waals surface area contributed by atoms with Gasteiger partial charge < -0.3 is 10.1 Å². The van der Waals surface area contributed by atoms with Crippen LogP contribution in [0, 0.1) is 10.1 Å². The summed E-state index contributed by atoms with van der Waals surface area (Å²) in [4.78, 5) is 28.4. The van der Waals surface area contributed by atoms with Gasteiger partial charge >= 0.3 is 11.2 Å². The minimum absolute atomic E-state index is 0.199.